The van der Waals surface area contributed by atoms with Gasteiger partial charge in [0.2, 0.25) is 15.9 Å². The number of rotatable bonds is 9. The minimum absolute atomic E-state index is 0.00307. The van der Waals surface area contributed by atoms with Gasteiger partial charge in [-0.25, -0.2) is 8.42 Å². The molecule has 0 aliphatic carbocycles. The standard InChI is InChI=1S/C21H31N3O4S/c1-28-16-6-11-22-21(25)10-15-23-14-9-18-17-19(7-8-20(18)23)29(26,27)24-12-4-2-3-5-13-24/h7-9,14,17H,2-6,10-13,15-16H2,1H3,(H,22,25). The monoisotopic (exact) mass is 421 g/mol. The lowest BCUT2D eigenvalue weighted by atomic mass is 10.2. The van der Waals surface area contributed by atoms with Gasteiger partial charge >= 0.3 is 0 Å². The first kappa shape index (κ1) is 21.8. The van der Waals surface area contributed by atoms with Gasteiger partial charge in [0, 0.05) is 63.4 Å². The zero-order chi connectivity index (χ0) is 20.7. The summed E-state index contributed by atoms with van der Waals surface area (Å²) in [7, 11) is -1.82. The fourth-order valence-electron chi connectivity index (χ4n) is 3.72. The van der Waals surface area contributed by atoms with E-state index in [1.165, 1.54) is 0 Å². The van der Waals surface area contributed by atoms with E-state index in [1.54, 1.807) is 23.5 Å². The lowest BCUT2D eigenvalue weighted by molar-refractivity contribution is -0.121. The van der Waals surface area contributed by atoms with Crippen LogP contribution in [0.1, 0.15) is 38.5 Å². The SMILES string of the molecule is COCCCNC(=O)CCn1ccc2cc(S(=O)(=O)N3CCCCCC3)ccc21. The second-order valence-electron chi connectivity index (χ2n) is 7.49. The van der Waals surface area contributed by atoms with Crippen LogP contribution in [0.4, 0.5) is 0 Å². The van der Waals surface area contributed by atoms with Gasteiger partial charge in [-0.15, -0.1) is 0 Å². The highest BCUT2D eigenvalue weighted by Crippen LogP contribution is 2.25. The van der Waals surface area contributed by atoms with E-state index in [-0.39, 0.29) is 5.91 Å². The Kier molecular flexibility index (Phi) is 7.69. The Bertz CT molecular complexity index is 915. The molecule has 1 saturated heterocycles. The molecule has 0 unspecified atom stereocenters. The number of carbonyl (C=O) groups is 1. The molecule has 0 radical (unpaired) electrons. The van der Waals surface area contributed by atoms with Crippen molar-refractivity contribution in [3.05, 3.63) is 30.5 Å². The van der Waals surface area contributed by atoms with Crippen molar-refractivity contribution in [3.8, 4) is 0 Å². The van der Waals surface area contributed by atoms with Gasteiger partial charge in [-0.05, 0) is 43.5 Å². The highest BCUT2D eigenvalue weighted by Gasteiger charge is 2.25. The summed E-state index contributed by atoms with van der Waals surface area (Å²) in [5.74, 6) is 0.00307. The van der Waals surface area contributed by atoms with Crippen LogP contribution in [-0.4, -0.2) is 56.5 Å². The van der Waals surface area contributed by atoms with Crippen LogP contribution in [0.2, 0.25) is 0 Å². The van der Waals surface area contributed by atoms with Gasteiger partial charge in [0.25, 0.3) is 0 Å². The van der Waals surface area contributed by atoms with E-state index in [0.29, 0.717) is 44.1 Å². The number of ether oxygens (including phenoxy) is 1. The second kappa shape index (κ2) is 10.2. The summed E-state index contributed by atoms with van der Waals surface area (Å²) in [5, 5.41) is 3.76. The van der Waals surface area contributed by atoms with Crippen LogP contribution in [-0.2, 0) is 26.1 Å². The van der Waals surface area contributed by atoms with E-state index in [4.69, 9.17) is 4.74 Å². The minimum Gasteiger partial charge on any atom is -0.385 e. The Morgan fingerprint density at radius 3 is 2.62 bits per heavy atom. The molecule has 2 heterocycles. The molecular formula is C21H31N3O4S. The molecule has 2 aromatic rings. The number of fused-ring (bicyclic) bond motifs is 1. The van der Waals surface area contributed by atoms with Crippen molar-refractivity contribution in [2.45, 2.75) is 50.0 Å². The topological polar surface area (TPSA) is 80.6 Å². The molecule has 1 aromatic heterocycles. The number of benzene rings is 1. The predicted octanol–water partition coefficient (Wildman–Crippen LogP) is 2.75. The molecule has 1 fully saturated rings. The van der Waals surface area contributed by atoms with Crippen molar-refractivity contribution in [3.63, 3.8) is 0 Å². The smallest absolute Gasteiger partial charge is 0.243 e. The third-order valence-electron chi connectivity index (χ3n) is 5.37. The molecule has 1 aliphatic heterocycles. The molecule has 0 atom stereocenters. The summed E-state index contributed by atoms with van der Waals surface area (Å²) >= 11 is 0. The maximum absolute atomic E-state index is 13.0. The van der Waals surface area contributed by atoms with Crippen LogP contribution in [0, 0.1) is 0 Å². The van der Waals surface area contributed by atoms with Gasteiger partial charge in [-0.2, -0.15) is 4.31 Å². The molecule has 7 nitrogen and oxygen atoms in total. The maximum atomic E-state index is 13.0. The minimum atomic E-state index is -3.46. The lowest BCUT2D eigenvalue weighted by Crippen LogP contribution is -2.31. The molecule has 1 aromatic carbocycles. The fourth-order valence-corrected chi connectivity index (χ4v) is 5.27. The van der Waals surface area contributed by atoms with Gasteiger partial charge in [0.05, 0.1) is 4.90 Å². The van der Waals surface area contributed by atoms with E-state index in [2.05, 4.69) is 5.32 Å². The molecule has 3 rings (SSSR count). The Labute approximate surface area is 173 Å². The number of nitrogens with one attached hydrogen (secondary N) is 1. The first-order valence-corrected chi connectivity index (χ1v) is 11.8. The molecule has 0 bridgehead atoms. The fraction of sp³-hybridized carbons (Fsp3) is 0.571. The number of aromatic nitrogens is 1. The third-order valence-corrected chi connectivity index (χ3v) is 7.27. The first-order chi connectivity index (χ1) is 14.0. The van der Waals surface area contributed by atoms with Crippen molar-refractivity contribution in [1.29, 1.82) is 0 Å². The van der Waals surface area contributed by atoms with Crippen molar-refractivity contribution in [1.82, 2.24) is 14.2 Å². The number of aryl methyl sites for hydroxylation is 1. The zero-order valence-electron chi connectivity index (χ0n) is 17.1. The van der Waals surface area contributed by atoms with Gasteiger partial charge in [-0.1, -0.05) is 12.8 Å². The Balaban J connectivity index is 1.65. The summed E-state index contributed by atoms with van der Waals surface area (Å²) in [6.45, 7) is 2.99. The number of methoxy groups -OCH3 is 1. The van der Waals surface area contributed by atoms with Crippen molar-refractivity contribution in [2.75, 3.05) is 33.4 Å². The maximum Gasteiger partial charge on any atom is 0.243 e. The number of hydrogen-bond donors (Lipinski definition) is 1. The van der Waals surface area contributed by atoms with Crippen molar-refractivity contribution in [2.24, 2.45) is 0 Å². The Morgan fingerprint density at radius 1 is 1.14 bits per heavy atom. The summed E-state index contributed by atoms with van der Waals surface area (Å²) in [5.41, 5.74) is 0.937. The third kappa shape index (κ3) is 5.58. The lowest BCUT2D eigenvalue weighted by Gasteiger charge is -2.20. The van der Waals surface area contributed by atoms with E-state index >= 15 is 0 Å². The van der Waals surface area contributed by atoms with Crippen LogP contribution in [0.15, 0.2) is 35.4 Å². The zero-order valence-corrected chi connectivity index (χ0v) is 17.9. The molecule has 1 aliphatic rings. The molecule has 1 amide bonds. The number of nitrogens with zero attached hydrogens (tertiary/aromatic N) is 2. The average Bonchev–Trinajstić information content (AvgIpc) is 2.92. The van der Waals surface area contributed by atoms with Crippen LogP contribution < -0.4 is 5.32 Å². The highest BCUT2D eigenvalue weighted by molar-refractivity contribution is 7.89. The van der Waals surface area contributed by atoms with Gasteiger partial charge < -0.3 is 14.6 Å². The Hall–Kier alpha value is -1.90. The van der Waals surface area contributed by atoms with Crippen LogP contribution in [0.5, 0.6) is 0 Å². The van der Waals surface area contributed by atoms with Crippen molar-refractivity contribution < 1.29 is 17.9 Å². The summed E-state index contributed by atoms with van der Waals surface area (Å²) in [4.78, 5) is 12.3. The number of amides is 1. The van der Waals surface area contributed by atoms with E-state index in [9.17, 15) is 13.2 Å². The molecular weight excluding hydrogens is 390 g/mol. The number of hydrogen-bond acceptors (Lipinski definition) is 4. The molecule has 8 heteroatoms. The summed E-state index contributed by atoms with van der Waals surface area (Å²) in [6, 6.07) is 7.19. The predicted molar refractivity (Wildman–Crippen MR) is 113 cm³/mol. The molecule has 0 saturated carbocycles. The second-order valence-corrected chi connectivity index (χ2v) is 9.43. The van der Waals surface area contributed by atoms with Crippen LogP contribution in [0.25, 0.3) is 10.9 Å². The molecule has 1 N–H and O–H groups in total. The summed E-state index contributed by atoms with van der Waals surface area (Å²) in [6.07, 6.45) is 7.11. The number of sulfonamides is 1. The largest absolute Gasteiger partial charge is 0.385 e. The quantitative estimate of drug-likeness (QED) is 0.632. The van der Waals surface area contributed by atoms with Gasteiger partial charge in [0.15, 0.2) is 0 Å². The van der Waals surface area contributed by atoms with Gasteiger partial charge in [0.1, 0.15) is 0 Å². The summed E-state index contributed by atoms with van der Waals surface area (Å²) < 4.78 is 34.6. The van der Waals surface area contributed by atoms with Gasteiger partial charge in [-0.3, -0.25) is 4.79 Å². The average molecular weight is 422 g/mol. The van der Waals surface area contributed by atoms with E-state index < -0.39 is 10.0 Å². The van der Waals surface area contributed by atoms with E-state index in [1.807, 2.05) is 22.9 Å². The molecule has 29 heavy (non-hydrogen) atoms. The highest BCUT2D eigenvalue weighted by atomic mass is 32.2. The van der Waals surface area contributed by atoms with E-state index in [0.717, 1.165) is 43.0 Å². The number of carbonyl (C=O) groups excluding carboxylic acids is 1. The Morgan fingerprint density at radius 2 is 1.90 bits per heavy atom. The molecule has 160 valence electrons. The first-order valence-electron chi connectivity index (χ1n) is 10.4. The van der Waals surface area contributed by atoms with Crippen LogP contribution in [0.3, 0.4) is 0 Å². The molecule has 0 spiro atoms. The van der Waals surface area contributed by atoms with Crippen LogP contribution >= 0.6 is 0 Å². The normalized spacial score (nSPS) is 16.0. The van der Waals surface area contributed by atoms with Crippen molar-refractivity contribution >= 4 is 26.8 Å².